The van der Waals surface area contributed by atoms with Crippen molar-refractivity contribution in [3.05, 3.63) is 29.8 Å². The standard InChI is InChI=1S/C16H20N2O/c1-17-15-9-5-4-8-13(15)14(12-19)16(17)18-10-6-2-3-7-11-18/h4-5,8-9,12H,2-3,6-7,10-11H2,1H3. The summed E-state index contributed by atoms with van der Waals surface area (Å²) in [6.45, 7) is 2.12. The lowest BCUT2D eigenvalue weighted by atomic mass is 10.2. The molecule has 0 N–H and O–H groups in total. The van der Waals surface area contributed by atoms with E-state index in [2.05, 4.69) is 22.6 Å². The first-order valence-electron chi connectivity index (χ1n) is 7.10. The van der Waals surface area contributed by atoms with Gasteiger partial charge in [0.15, 0.2) is 6.29 Å². The third-order valence-corrected chi connectivity index (χ3v) is 4.14. The van der Waals surface area contributed by atoms with E-state index in [1.165, 1.54) is 25.7 Å². The number of fused-ring (bicyclic) bond motifs is 1. The highest BCUT2D eigenvalue weighted by atomic mass is 16.1. The number of carbonyl (C=O) groups is 1. The molecule has 1 aliphatic rings. The molecule has 3 nitrogen and oxygen atoms in total. The van der Waals surface area contributed by atoms with E-state index in [1.54, 1.807) is 0 Å². The predicted molar refractivity (Wildman–Crippen MR) is 79.0 cm³/mol. The van der Waals surface area contributed by atoms with Crippen molar-refractivity contribution >= 4 is 23.0 Å². The van der Waals surface area contributed by atoms with Crippen LogP contribution in [0.2, 0.25) is 0 Å². The fourth-order valence-corrected chi connectivity index (χ4v) is 3.19. The van der Waals surface area contributed by atoms with Crippen molar-refractivity contribution < 1.29 is 4.79 Å². The second kappa shape index (κ2) is 5.08. The van der Waals surface area contributed by atoms with E-state index in [0.29, 0.717) is 0 Å². The Morgan fingerprint density at radius 2 is 1.74 bits per heavy atom. The molecule has 1 aliphatic heterocycles. The third kappa shape index (κ3) is 2.03. The maximum absolute atomic E-state index is 11.5. The number of aromatic nitrogens is 1. The number of aryl methyl sites for hydroxylation is 1. The average molecular weight is 256 g/mol. The second-order valence-corrected chi connectivity index (χ2v) is 5.33. The van der Waals surface area contributed by atoms with E-state index in [1.807, 2.05) is 18.2 Å². The highest BCUT2D eigenvalue weighted by molar-refractivity contribution is 6.04. The molecule has 19 heavy (non-hydrogen) atoms. The molecule has 0 unspecified atom stereocenters. The van der Waals surface area contributed by atoms with Crippen LogP contribution in [0.4, 0.5) is 5.82 Å². The molecule has 2 heterocycles. The predicted octanol–water partition coefficient (Wildman–Crippen LogP) is 3.37. The lowest BCUT2D eigenvalue weighted by molar-refractivity contribution is 0.112. The molecular weight excluding hydrogens is 236 g/mol. The fourth-order valence-electron chi connectivity index (χ4n) is 3.19. The van der Waals surface area contributed by atoms with Gasteiger partial charge in [0.1, 0.15) is 5.82 Å². The maximum atomic E-state index is 11.5. The van der Waals surface area contributed by atoms with E-state index >= 15 is 0 Å². The molecule has 2 aromatic rings. The first-order chi connectivity index (χ1) is 9.33. The molecule has 1 fully saturated rings. The van der Waals surface area contributed by atoms with Gasteiger partial charge in [0.2, 0.25) is 0 Å². The summed E-state index contributed by atoms with van der Waals surface area (Å²) in [7, 11) is 2.07. The van der Waals surface area contributed by atoms with E-state index in [4.69, 9.17) is 0 Å². The zero-order valence-corrected chi connectivity index (χ0v) is 11.4. The van der Waals surface area contributed by atoms with Crippen molar-refractivity contribution in [2.24, 2.45) is 7.05 Å². The number of hydrogen-bond donors (Lipinski definition) is 0. The summed E-state index contributed by atoms with van der Waals surface area (Å²) >= 11 is 0. The summed E-state index contributed by atoms with van der Waals surface area (Å²) in [5.74, 6) is 1.10. The molecule has 0 atom stereocenters. The number of hydrogen-bond acceptors (Lipinski definition) is 2. The third-order valence-electron chi connectivity index (χ3n) is 4.14. The van der Waals surface area contributed by atoms with Gasteiger partial charge in [-0.3, -0.25) is 4.79 Å². The van der Waals surface area contributed by atoms with Gasteiger partial charge in [-0.1, -0.05) is 31.0 Å². The Morgan fingerprint density at radius 1 is 1.05 bits per heavy atom. The topological polar surface area (TPSA) is 25.2 Å². The van der Waals surface area contributed by atoms with Crippen LogP contribution in [0.1, 0.15) is 36.0 Å². The summed E-state index contributed by atoms with van der Waals surface area (Å²) in [6, 6.07) is 8.16. The smallest absolute Gasteiger partial charge is 0.154 e. The lowest BCUT2D eigenvalue weighted by Gasteiger charge is -2.24. The van der Waals surface area contributed by atoms with Crippen LogP contribution in [0.15, 0.2) is 24.3 Å². The maximum Gasteiger partial charge on any atom is 0.154 e. The number of aldehydes is 1. The molecule has 3 heteroatoms. The number of anilines is 1. The van der Waals surface area contributed by atoms with Gasteiger partial charge in [-0.25, -0.2) is 0 Å². The molecule has 0 aliphatic carbocycles. The molecule has 0 saturated carbocycles. The second-order valence-electron chi connectivity index (χ2n) is 5.33. The van der Waals surface area contributed by atoms with Crippen LogP contribution in [-0.4, -0.2) is 23.9 Å². The van der Waals surface area contributed by atoms with Crippen molar-refractivity contribution in [2.45, 2.75) is 25.7 Å². The van der Waals surface area contributed by atoms with Gasteiger partial charge in [0.05, 0.1) is 11.1 Å². The molecule has 0 spiro atoms. The Bertz CT molecular complexity index is 592. The van der Waals surface area contributed by atoms with Crippen LogP contribution in [-0.2, 0) is 7.05 Å². The van der Waals surface area contributed by atoms with Gasteiger partial charge < -0.3 is 9.47 Å². The van der Waals surface area contributed by atoms with E-state index < -0.39 is 0 Å². The van der Waals surface area contributed by atoms with Crippen molar-refractivity contribution in [3.63, 3.8) is 0 Å². The first kappa shape index (κ1) is 12.3. The SMILES string of the molecule is Cn1c(N2CCCCCC2)c(C=O)c2ccccc21. The van der Waals surface area contributed by atoms with Crippen LogP contribution < -0.4 is 4.90 Å². The van der Waals surface area contributed by atoms with Gasteiger partial charge in [-0.05, 0) is 18.9 Å². The summed E-state index contributed by atoms with van der Waals surface area (Å²) in [5.41, 5.74) is 1.99. The number of rotatable bonds is 2. The van der Waals surface area contributed by atoms with Crippen molar-refractivity contribution in [2.75, 3.05) is 18.0 Å². The van der Waals surface area contributed by atoms with E-state index in [0.717, 1.165) is 41.7 Å². The number of carbonyl (C=O) groups excluding carboxylic acids is 1. The molecule has 0 radical (unpaired) electrons. The van der Waals surface area contributed by atoms with Gasteiger partial charge in [0.25, 0.3) is 0 Å². The molecule has 100 valence electrons. The molecule has 1 aromatic heterocycles. The highest BCUT2D eigenvalue weighted by Gasteiger charge is 2.20. The number of benzene rings is 1. The largest absolute Gasteiger partial charge is 0.357 e. The molecular formula is C16H20N2O. The van der Waals surface area contributed by atoms with Crippen molar-refractivity contribution in [3.8, 4) is 0 Å². The van der Waals surface area contributed by atoms with Gasteiger partial charge in [-0.15, -0.1) is 0 Å². The van der Waals surface area contributed by atoms with Crippen LogP contribution in [0.25, 0.3) is 10.9 Å². The van der Waals surface area contributed by atoms with Crippen LogP contribution in [0, 0.1) is 0 Å². The Morgan fingerprint density at radius 3 is 2.42 bits per heavy atom. The zero-order valence-electron chi connectivity index (χ0n) is 11.4. The van der Waals surface area contributed by atoms with E-state index in [-0.39, 0.29) is 0 Å². The van der Waals surface area contributed by atoms with Crippen LogP contribution in [0.5, 0.6) is 0 Å². The van der Waals surface area contributed by atoms with Gasteiger partial charge in [-0.2, -0.15) is 0 Å². The minimum atomic E-state index is 0.847. The molecule has 3 rings (SSSR count). The van der Waals surface area contributed by atoms with E-state index in [9.17, 15) is 4.79 Å². The number of nitrogens with zero attached hydrogens (tertiary/aromatic N) is 2. The summed E-state index contributed by atoms with van der Waals surface area (Å²) in [4.78, 5) is 13.9. The Balaban J connectivity index is 2.15. The Hall–Kier alpha value is -1.77. The Labute approximate surface area is 113 Å². The molecule has 0 bridgehead atoms. The molecule has 0 amide bonds. The van der Waals surface area contributed by atoms with Crippen molar-refractivity contribution in [1.82, 2.24) is 4.57 Å². The number of para-hydroxylation sites is 1. The average Bonchev–Trinajstić information content (AvgIpc) is 2.63. The highest BCUT2D eigenvalue weighted by Crippen LogP contribution is 2.31. The summed E-state index contributed by atoms with van der Waals surface area (Å²) in [5, 5.41) is 1.07. The van der Waals surface area contributed by atoms with Crippen LogP contribution in [0.3, 0.4) is 0 Å². The monoisotopic (exact) mass is 256 g/mol. The first-order valence-corrected chi connectivity index (χ1v) is 7.10. The van der Waals surface area contributed by atoms with Gasteiger partial charge >= 0.3 is 0 Å². The molecule has 1 aromatic carbocycles. The molecule has 1 saturated heterocycles. The fraction of sp³-hybridized carbons (Fsp3) is 0.438. The quantitative estimate of drug-likeness (QED) is 0.770. The summed E-state index contributed by atoms with van der Waals surface area (Å²) < 4.78 is 2.17. The Kier molecular flexibility index (Phi) is 3.28. The van der Waals surface area contributed by atoms with Gasteiger partial charge in [0, 0.05) is 25.5 Å². The minimum absolute atomic E-state index is 0.847. The lowest BCUT2D eigenvalue weighted by Crippen LogP contribution is -2.26. The minimum Gasteiger partial charge on any atom is -0.357 e. The van der Waals surface area contributed by atoms with Crippen molar-refractivity contribution in [1.29, 1.82) is 0 Å². The van der Waals surface area contributed by atoms with Crippen LogP contribution >= 0.6 is 0 Å². The normalized spacial score (nSPS) is 16.6. The summed E-state index contributed by atoms with van der Waals surface area (Å²) in [6.07, 6.45) is 6.07. The zero-order chi connectivity index (χ0) is 13.2.